The lowest BCUT2D eigenvalue weighted by atomic mass is 9.96. The van der Waals surface area contributed by atoms with Gasteiger partial charge in [-0.15, -0.1) is 0 Å². The van der Waals surface area contributed by atoms with Crippen LogP contribution in [0.3, 0.4) is 0 Å². The second-order valence-corrected chi connectivity index (χ2v) is 6.95. The van der Waals surface area contributed by atoms with Crippen LogP contribution in [0.2, 0.25) is 0 Å². The molecule has 1 aromatic rings. The average Bonchev–Trinajstić information content (AvgIpc) is 2.79. The Labute approximate surface area is 132 Å². The molecule has 2 atom stereocenters. The molecule has 0 saturated carbocycles. The molecule has 4 nitrogen and oxygen atoms in total. The number of likely N-dealkylation sites (N-methyl/N-ethyl adjacent to an activating group) is 1. The molecule has 3 heterocycles. The SMILES string of the molecule is CN1C2CCC1CN(C(=O)c1cccc3c1CCCN3)CC2. The van der Waals surface area contributed by atoms with Gasteiger partial charge >= 0.3 is 0 Å². The van der Waals surface area contributed by atoms with E-state index < -0.39 is 0 Å². The maximum Gasteiger partial charge on any atom is 0.254 e. The predicted molar refractivity (Wildman–Crippen MR) is 88.3 cm³/mol. The van der Waals surface area contributed by atoms with Crippen LogP contribution in [0.15, 0.2) is 18.2 Å². The molecule has 3 aliphatic heterocycles. The number of hydrogen-bond donors (Lipinski definition) is 1. The molecule has 0 aromatic heterocycles. The summed E-state index contributed by atoms with van der Waals surface area (Å²) in [5.41, 5.74) is 3.30. The monoisotopic (exact) mass is 299 g/mol. The van der Waals surface area contributed by atoms with Gasteiger partial charge in [-0.2, -0.15) is 0 Å². The zero-order chi connectivity index (χ0) is 15.1. The van der Waals surface area contributed by atoms with Gasteiger partial charge in [0.25, 0.3) is 5.91 Å². The van der Waals surface area contributed by atoms with Crippen molar-refractivity contribution in [2.45, 2.75) is 44.2 Å². The molecule has 4 rings (SSSR count). The summed E-state index contributed by atoms with van der Waals surface area (Å²) < 4.78 is 0. The maximum atomic E-state index is 13.1. The second kappa shape index (κ2) is 5.58. The van der Waals surface area contributed by atoms with E-state index in [2.05, 4.69) is 28.2 Å². The highest BCUT2D eigenvalue weighted by atomic mass is 16.2. The van der Waals surface area contributed by atoms with Crippen LogP contribution in [0.4, 0.5) is 5.69 Å². The standard InChI is InChI=1S/C18H25N3O/c1-20-13-7-8-14(20)12-21(11-9-13)18(22)16-4-2-6-17-15(16)5-3-10-19-17/h2,4,6,13-14,19H,3,5,7-12H2,1H3. The summed E-state index contributed by atoms with van der Waals surface area (Å²) >= 11 is 0. The van der Waals surface area contributed by atoms with Crippen molar-refractivity contribution in [3.63, 3.8) is 0 Å². The first kappa shape index (κ1) is 14.1. The molecular formula is C18H25N3O. The van der Waals surface area contributed by atoms with Crippen molar-refractivity contribution >= 4 is 11.6 Å². The van der Waals surface area contributed by atoms with Crippen molar-refractivity contribution in [1.82, 2.24) is 9.80 Å². The van der Waals surface area contributed by atoms with E-state index in [0.29, 0.717) is 12.1 Å². The first-order valence-corrected chi connectivity index (χ1v) is 8.61. The average molecular weight is 299 g/mol. The van der Waals surface area contributed by atoms with Crippen LogP contribution < -0.4 is 5.32 Å². The van der Waals surface area contributed by atoms with Gasteiger partial charge in [0.05, 0.1) is 0 Å². The van der Waals surface area contributed by atoms with Crippen molar-refractivity contribution in [3.05, 3.63) is 29.3 Å². The normalized spacial score (nSPS) is 28.0. The molecule has 22 heavy (non-hydrogen) atoms. The maximum absolute atomic E-state index is 13.1. The van der Waals surface area contributed by atoms with Crippen molar-refractivity contribution in [3.8, 4) is 0 Å². The number of carbonyl (C=O) groups is 1. The van der Waals surface area contributed by atoms with E-state index in [1.54, 1.807) is 0 Å². The van der Waals surface area contributed by atoms with Gasteiger partial charge in [-0.05, 0) is 56.8 Å². The van der Waals surface area contributed by atoms with Crippen molar-refractivity contribution in [1.29, 1.82) is 0 Å². The summed E-state index contributed by atoms with van der Waals surface area (Å²) in [6.45, 7) is 2.81. The van der Waals surface area contributed by atoms with Gasteiger partial charge in [0.1, 0.15) is 0 Å². The largest absolute Gasteiger partial charge is 0.385 e. The fraction of sp³-hybridized carbons (Fsp3) is 0.611. The van der Waals surface area contributed by atoms with Crippen molar-refractivity contribution in [2.75, 3.05) is 32.0 Å². The molecule has 1 aromatic carbocycles. The van der Waals surface area contributed by atoms with Crippen LogP contribution in [0.5, 0.6) is 0 Å². The number of nitrogens with one attached hydrogen (secondary N) is 1. The third-order valence-electron chi connectivity index (χ3n) is 5.76. The van der Waals surface area contributed by atoms with Crippen LogP contribution in [0.25, 0.3) is 0 Å². The molecule has 4 heteroatoms. The minimum Gasteiger partial charge on any atom is -0.385 e. The van der Waals surface area contributed by atoms with Crippen LogP contribution >= 0.6 is 0 Å². The molecule has 0 radical (unpaired) electrons. The summed E-state index contributed by atoms with van der Waals surface area (Å²) in [7, 11) is 2.23. The van der Waals surface area contributed by atoms with E-state index in [0.717, 1.165) is 50.1 Å². The molecule has 0 aliphatic carbocycles. The number of fused-ring (bicyclic) bond motifs is 3. The van der Waals surface area contributed by atoms with Crippen molar-refractivity contribution in [2.24, 2.45) is 0 Å². The summed E-state index contributed by atoms with van der Waals surface area (Å²) in [4.78, 5) is 17.7. The summed E-state index contributed by atoms with van der Waals surface area (Å²) in [6, 6.07) is 7.36. The molecular weight excluding hydrogens is 274 g/mol. The number of carbonyl (C=O) groups excluding carboxylic acids is 1. The first-order valence-electron chi connectivity index (χ1n) is 8.61. The molecule has 1 amide bonds. The molecule has 2 fully saturated rings. The topological polar surface area (TPSA) is 35.6 Å². The van der Waals surface area contributed by atoms with Crippen LogP contribution in [0.1, 0.15) is 41.6 Å². The number of rotatable bonds is 1. The fourth-order valence-electron chi connectivity index (χ4n) is 4.37. The van der Waals surface area contributed by atoms with Gasteiger partial charge in [-0.25, -0.2) is 0 Å². The summed E-state index contributed by atoms with van der Waals surface area (Å²) in [5, 5.41) is 3.43. The number of benzene rings is 1. The Morgan fingerprint density at radius 3 is 3.00 bits per heavy atom. The Morgan fingerprint density at radius 2 is 2.09 bits per heavy atom. The lowest BCUT2D eigenvalue weighted by Gasteiger charge is -2.28. The number of hydrogen-bond acceptors (Lipinski definition) is 3. The van der Waals surface area contributed by atoms with Gasteiger partial charge in [0, 0.05) is 43.0 Å². The Kier molecular flexibility index (Phi) is 3.57. The molecule has 3 aliphatic rings. The molecule has 2 saturated heterocycles. The van der Waals surface area contributed by atoms with E-state index in [-0.39, 0.29) is 5.91 Å². The molecule has 1 N–H and O–H groups in total. The highest BCUT2D eigenvalue weighted by Crippen LogP contribution is 2.31. The minimum absolute atomic E-state index is 0.238. The molecule has 0 spiro atoms. The number of anilines is 1. The van der Waals surface area contributed by atoms with Gasteiger partial charge in [-0.3, -0.25) is 9.69 Å². The van der Waals surface area contributed by atoms with Gasteiger partial charge in [0.15, 0.2) is 0 Å². The van der Waals surface area contributed by atoms with Gasteiger partial charge in [0.2, 0.25) is 0 Å². The highest BCUT2D eigenvalue weighted by molar-refractivity contribution is 5.97. The number of likely N-dealkylation sites (tertiary alicyclic amines) is 1. The second-order valence-electron chi connectivity index (χ2n) is 6.95. The van der Waals surface area contributed by atoms with E-state index in [1.165, 1.54) is 18.4 Å². The molecule has 118 valence electrons. The highest BCUT2D eigenvalue weighted by Gasteiger charge is 2.36. The third kappa shape index (κ3) is 2.30. The lowest BCUT2D eigenvalue weighted by Crippen LogP contribution is -2.40. The fourth-order valence-corrected chi connectivity index (χ4v) is 4.37. The molecule has 2 bridgehead atoms. The number of amides is 1. The Hall–Kier alpha value is -1.55. The van der Waals surface area contributed by atoms with Crippen LogP contribution in [-0.2, 0) is 6.42 Å². The van der Waals surface area contributed by atoms with Gasteiger partial charge < -0.3 is 10.2 Å². The lowest BCUT2D eigenvalue weighted by molar-refractivity contribution is 0.0739. The minimum atomic E-state index is 0.238. The summed E-state index contributed by atoms with van der Waals surface area (Å²) in [5.74, 6) is 0.238. The zero-order valence-electron chi connectivity index (χ0n) is 13.3. The van der Waals surface area contributed by atoms with Crippen LogP contribution in [0, 0.1) is 0 Å². The summed E-state index contributed by atoms with van der Waals surface area (Å²) in [6.07, 6.45) is 5.79. The first-order chi connectivity index (χ1) is 10.7. The van der Waals surface area contributed by atoms with E-state index >= 15 is 0 Å². The van der Waals surface area contributed by atoms with E-state index in [1.807, 2.05) is 12.1 Å². The number of nitrogens with zero attached hydrogens (tertiary/aromatic N) is 2. The van der Waals surface area contributed by atoms with Crippen LogP contribution in [-0.4, -0.2) is 54.5 Å². The Morgan fingerprint density at radius 1 is 1.23 bits per heavy atom. The zero-order valence-corrected chi connectivity index (χ0v) is 13.3. The van der Waals surface area contributed by atoms with E-state index in [9.17, 15) is 4.79 Å². The smallest absolute Gasteiger partial charge is 0.254 e. The predicted octanol–water partition coefficient (Wildman–Crippen LogP) is 2.35. The Balaban J connectivity index is 1.60. The third-order valence-corrected chi connectivity index (χ3v) is 5.76. The van der Waals surface area contributed by atoms with Crippen molar-refractivity contribution < 1.29 is 4.79 Å². The quantitative estimate of drug-likeness (QED) is 0.864. The van der Waals surface area contributed by atoms with Gasteiger partial charge in [-0.1, -0.05) is 6.07 Å². The Bertz CT molecular complexity index is 586. The van der Waals surface area contributed by atoms with E-state index in [4.69, 9.17) is 0 Å². The molecule has 2 unspecified atom stereocenters.